The molecule has 0 saturated heterocycles. The first-order chi connectivity index (χ1) is 8.27. The molecule has 2 heterocycles. The van der Waals surface area contributed by atoms with Crippen LogP contribution in [-0.4, -0.2) is 21.5 Å². The van der Waals surface area contributed by atoms with Gasteiger partial charge < -0.3 is 10.3 Å². The number of nitrogens with one attached hydrogen (secondary N) is 2. The SMILES string of the molecule is O=c1[nH]cnc(NCCc2ccccn2)c1Br. The minimum Gasteiger partial charge on any atom is -0.369 e. The maximum Gasteiger partial charge on any atom is 0.267 e. The summed E-state index contributed by atoms with van der Waals surface area (Å²) in [5.41, 5.74) is 0.807. The third kappa shape index (κ3) is 3.13. The monoisotopic (exact) mass is 294 g/mol. The summed E-state index contributed by atoms with van der Waals surface area (Å²) < 4.78 is 0.418. The van der Waals surface area contributed by atoms with Crippen molar-refractivity contribution in [1.29, 1.82) is 0 Å². The van der Waals surface area contributed by atoms with Crippen molar-refractivity contribution in [2.24, 2.45) is 0 Å². The number of anilines is 1. The minimum absolute atomic E-state index is 0.194. The molecule has 0 spiro atoms. The van der Waals surface area contributed by atoms with E-state index in [1.54, 1.807) is 6.20 Å². The maximum absolute atomic E-state index is 11.3. The number of hydrogen-bond donors (Lipinski definition) is 2. The summed E-state index contributed by atoms with van der Waals surface area (Å²) in [5, 5.41) is 3.08. The fraction of sp³-hybridized carbons (Fsp3) is 0.182. The van der Waals surface area contributed by atoms with E-state index >= 15 is 0 Å². The molecule has 2 aromatic rings. The van der Waals surface area contributed by atoms with Gasteiger partial charge in [0.1, 0.15) is 10.3 Å². The van der Waals surface area contributed by atoms with E-state index < -0.39 is 0 Å². The van der Waals surface area contributed by atoms with E-state index in [1.165, 1.54) is 6.33 Å². The Morgan fingerprint density at radius 2 is 2.24 bits per heavy atom. The number of rotatable bonds is 4. The van der Waals surface area contributed by atoms with E-state index in [9.17, 15) is 4.79 Å². The van der Waals surface area contributed by atoms with Crippen LogP contribution in [0.1, 0.15) is 5.69 Å². The standard InChI is InChI=1S/C11H11BrN4O/c12-9-10(15-7-16-11(9)17)14-6-4-8-3-1-2-5-13-8/h1-3,5,7H,4,6H2,(H2,14,15,16,17). The normalized spacial score (nSPS) is 10.2. The van der Waals surface area contributed by atoms with Crippen LogP contribution in [0.4, 0.5) is 5.82 Å². The predicted molar refractivity (Wildman–Crippen MR) is 69.0 cm³/mol. The van der Waals surface area contributed by atoms with E-state index in [0.29, 0.717) is 16.8 Å². The van der Waals surface area contributed by atoms with E-state index in [4.69, 9.17) is 0 Å². The van der Waals surface area contributed by atoms with Gasteiger partial charge in [-0.2, -0.15) is 0 Å². The lowest BCUT2D eigenvalue weighted by Crippen LogP contribution is -2.14. The highest BCUT2D eigenvalue weighted by atomic mass is 79.9. The van der Waals surface area contributed by atoms with Crippen LogP contribution in [0, 0.1) is 0 Å². The van der Waals surface area contributed by atoms with Gasteiger partial charge in [-0.05, 0) is 28.1 Å². The fourth-order valence-corrected chi connectivity index (χ4v) is 1.72. The average Bonchev–Trinajstić information content (AvgIpc) is 2.36. The molecular formula is C11H11BrN4O. The predicted octanol–water partition coefficient (Wildman–Crippen LogP) is 1.58. The lowest BCUT2D eigenvalue weighted by atomic mass is 10.3. The average molecular weight is 295 g/mol. The first kappa shape index (κ1) is 11.8. The largest absolute Gasteiger partial charge is 0.369 e. The summed E-state index contributed by atoms with van der Waals surface area (Å²) >= 11 is 3.18. The van der Waals surface area contributed by atoms with Gasteiger partial charge in [-0.25, -0.2) is 4.98 Å². The Kier molecular flexibility index (Phi) is 3.87. The quantitative estimate of drug-likeness (QED) is 0.898. The van der Waals surface area contributed by atoms with Crippen molar-refractivity contribution in [2.45, 2.75) is 6.42 Å². The van der Waals surface area contributed by atoms with Gasteiger partial charge >= 0.3 is 0 Å². The minimum atomic E-state index is -0.194. The third-order valence-corrected chi connectivity index (χ3v) is 2.93. The van der Waals surface area contributed by atoms with Gasteiger partial charge in [-0.15, -0.1) is 0 Å². The van der Waals surface area contributed by atoms with Crippen LogP contribution in [0.25, 0.3) is 0 Å². The highest BCUT2D eigenvalue weighted by Gasteiger charge is 2.03. The van der Waals surface area contributed by atoms with E-state index in [0.717, 1.165) is 12.1 Å². The van der Waals surface area contributed by atoms with Gasteiger partial charge in [-0.1, -0.05) is 6.07 Å². The maximum atomic E-state index is 11.3. The summed E-state index contributed by atoms with van der Waals surface area (Å²) in [4.78, 5) is 22.0. The van der Waals surface area contributed by atoms with Crippen molar-refractivity contribution in [3.8, 4) is 0 Å². The second-order valence-corrected chi connectivity index (χ2v) is 4.19. The Balaban J connectivity index is 1.95. The third-order valence-electron chi connectivity index (χ3n) is 2.20. The van der Waals surface area contributed by atoms with Crippen molar-refractivity contribution in [2.75, 3.05) is 11.9 Å². The Morgan fingerprint density at radius 3 is 3.00 bits per heavy atom. The van der Waals surface area contributed by atoms with Crippen LogP contribution in [0.5, 0.6) is 0 Å². The Labute approximate surface area is 106 Å². The molecule has 0 aliphatic heterocycles. The molecule has 0 atom stereocenters. The van der Waals surface area contributed by atoms with Gasteiger partial charge in [0, 0.05) is 24.9 Å². The lowest BCUT2D eigenvalue weighted by Gasteiger charge is -2.05. The lowest BCUT2D eigenvalue weighted by molar-refractivity contribution is 0.946. The molecule has 0 fully saturated rings. The number of hydrogen-bond acceptors (Lipinski definition) is 4. The molecule has 0 amide bonds. The molecule has 0 bridgehead atoms. The second kappa shape index (κ2) is 5.58. The first-order valence-corrected chi connectivity index (χ1v) is 5.93. The number of pyridine rings is 1. The summed E-state index contributed by atoms with van der Waals surface area (Å²) in [6.45, 7) is 0.673. The van der Waals surface area contributed by atoms with Gasteiger partial charge in [0.2, 0.25) is 0 Å². The summed E-state index contributed by atoms with van der Waals surface area (Å²) in [6.07, 6.45) is 3.91. The summed E-state index contributed by atoms with van der Waals surface area (Å²) in [7, 11) is 0. The molecule has 0 saturated carbocycles. The molecule has 0 aromatic carbocycles. The van der Waals surface area contributed by atoms with Crippen LogP contribution >= 0.6 is 15.9 Å². The Morgan fingerprint density at radius 1 is 1.35 bits per heavy atom. The topological polar surface area (TPSA) is 70.7 Å². The highest BCUT2D eigenvalue weighted by molar-refractivity contribution is 9.10. The van der Waals surface area contributed by atoms with Crippen LogP contribution in [-0.2, 0) is 6.42 Å². The molecule has 0 aliphatic carbocycles. The van der Waals surface area contributed by atoms with E-state index in [-0.39, 0.29) is 5.56 Å². The van der Waals surface area contributed by atoms with Crippen molar-refractivity contribution in [3.05, 3.63) is 51.2 Å². The number of halogens is 1. The molecule has 88 valence electrons. The second-order valence-electron chi connectivity index (χ2n) is 3.39. The summed E-state index contributed by atoms with van der Waals surface area (Å²) in [6, 6.07) is 5.79. The first-order valence-electron chi connectivity index (χ1n) is 5.14. The zero-order chi connectivity index (χ0) is 12.1. The van der Waals surface area contributed by atoms with Gasteiger partial charge in [0.05, 0.1) is 6.33 Å². The molecule has 0 radical (unpaired) electrons. The molecule has 17 heavy (non-hydrogen) atoms. The molecular weight excluding hydrogens is 284 g/mol. The molecule has 0 aliphatic rings. The van der Waals surface area contributed by atoms with Crippen LogP contribution in [0.3, 0.4) is 0 Å². The smallest absolute Gasteiger partial charge is 0.267 e. The fourth-order valence-electron chi connectivity index (χ4n) is 1.36. The van der Waals surface area contributed by atoms with Gasteiger partial charge in [0.15, 0.2) is 0 Å². The van der Waals surface area contributed by atoms with E-state index in [1.807, 2.05) is 18.2 Å². The number of aromatic amines is 1. The molecule has 2 aromatic heterocycles. The van der Waals surface area contributed by atoms with Crippen LogP contribution in [0.2, 0.25) is 0 Å². The molecule has 0 unspecified atom stereocenters. The summed E-state index contributed by atoms with van der Waals surface area (Å²) in [5.74, 6) is 0.546. The van der Waals surface area contributed by atoms with E-state index in [2.05, 4.69) is 36.2 Å². The number of H-pyrrole nitrogens is 1. The Bertz CT molecular complexity index is 541. The molecule has 2 rings (SSSR count). The van der Waals surface area contributed by atoms with Gasteiger partial charge in [0.25, 0.3) is 5.56 Å². The zero-order valence-electron chi connectivity index (χ0n) is 8.98. The highest BCUT2D eigenvalue weighted by Crippen LogP contribution is 2.12. The zero-order valence-corrected chi connectivity index (χ0v) is 10.6. The molecule has 6 heteroatoms. The molecule has 2 N–H and O–H groups in total. The van der Waals surface area contributed by atoms with Crippen molar-refractivity contribution in [3.63, 3.8) is 0 Å². The van der Waals surface area contributed by atoms with Crippen LogP contribution in [0.15, 0.2) is 40.0 Å². The van der Waals surface area contributed by atoms with Crippen molar-refractivity contribution < 1.29 is 0 Å². The van der Waals surface area contributed by atoms with Crippen LogP contribution < -0.4 is 10.9 Å². The number of nitrogens with zero attached hydrogens (tertiary/aromatic N) is 2. The molecule has 5 nitrogen and oxygen atoms in total. The van der Waals surface area contributed by atoms with Gasteiger partial charge in [-0.3, -0.25) is 9.78 Å². The van der Waals surface area contributed by atoms with Crippen molar-refractivity contribution >= 4 is 21.7 Å². The van der Waals surface area contributed by atoms with Crippen molar-refractivity contribution in [1.82, 2.24) is 15.0 Å². The number of aromatic nitrogens is 3. The Hall–Kier alpha value is -1.69.